The van der Waals surface area contributed by atoms with E-state index in [1.807, 2.05) is 6.20 Å². The van der Waals surface area contributed by atoms with E-state index in [4.69, 9.17) is 0 Å². The normalized spacial score (nSPS) is 41.3. The zero-order valence-electron chi connectivity index (χ0n) is 17.4. The predicted octanol–water partition coefficient (Wildman–Crippen LogP) is 6.26. The Morgan fingerprint density at radius 1 is 1.11 bits per heavy atom. The monoisotopic (exact) mass is 376 g/mol. The standard InChI is InChI=1S/C25H32N2O/c1-16-19-7-6-18-21-9-8-20(17-5-4-14-26-15-17)25(21,3)12-10-22(18)24(19,2)13-11-23(16)27-28/h4-5,8,14-15,18,21-22,28H,6-7,9-13H2,1-3H3/t18?,21?,22?,24-,25+/m0/s1. The molecular weight excluding hydrogens is 344 g/mol. The zero-order chi connectivity index (χ0) is 19.5. The lowest BCUT2D eigenvalue weighted by molar-refractivity contribution is -0.0196. The molecule has 0 spiro atoms. The van der Waals surface area contributed by atoms with E-state index < -0.39 is 0 Å². The number of pyridine rings is 1. The summed E-state index contributed by atoms with van der Waals surface area (Å²) in [7, 11) is 0. The van der Waals surface area contributed by atoms with E-state index in [-0.39, 0.29) is 0 Å². The molecule has 0 saturated heterocycles. The number of nitrogens with zero attached hydrogens (tertiary/aromatic N) is 2. The summed E-state index contributed by atoms with van der Waals surface area (Å²) >= 11 is 0. The predicted molar refractivity (Wildman–Crippen MR) is 113 cm³/mol. The van der Waals surface area contributed by atoms with Crippen molar-refractivity contribution >= 4 is 11.3 Å². The van der Waals surface area contributed by atoms with E-state index in [2.05, 4.69) is 55.3 Å². The van der Waals surface area contributed by atoms with E-state index in [0.717, 1.165) is 36.3 Å². The fourth-order valence-corrected chi connectivity index (χ4v) is 7.66. The van der Waals surface area contributed by atoms with Gasteiger partial charge in [-0.2, -0.15) is 0 Å². The van der Waals surface area contributed by atoms with Crippen LogP contribution in [0.3, 0.4) is 0 Å². The van der Waals surface area contributed by atoms with Crippen molar-refractivity contribution in [3.63, 3.8) is 0 Å². The highest BCUT2D eigenvalue weighted by Gasteiger charge is 2.57. The number of allylic oxidation sites excluding steroid dienone is 4. The van der Waals surface area contributed by atoms with E-state index in [1.165, 1.54) is 43.2 Å². The van der Waals surface area contributed by atoms with Crippen molar-refractivity contribution in [2.75, 3.05) is 0 Å². The van der Waals surface area contributed by atoms with Crippen LogP contribution in [0, 0.1) is 28.6 Å². The summed E-state index contributed by atoms with van der Waals surface area (Å²) in [4.78, 5) is 4.39. The molecular formula is C25H32N2O. The molecule has 0 aliphatic heterocycles. The maximum absolute atomic E-state index is 9.40. The van der Waals surface area contributed by atoms with Gasteiger partial charge < -0.3 is 5.21 Å². The van der Waals surface area contributed by atoms with E-state index >= 15 is 0 Å². The molecule has 1 aromatic heterocycles. The van der Waals surface area contributed by atoms with E-state index in [1.54, 1.807) is 11.1 Å². The van der Waals surface area contributed by atoms with Crippen LogP contribution < -0.4 is 0 Å². The maximum Gasteiger partial charge on any atom is 0.0824 e. The third kappa shape index (κ3) is 2.34. The van der Waals surface area contributed by atoms with Gasteiger partial charge in [0.25, 0.3) is 0 Å². The van der Waals surface area contributed by atoms with Gasteiger partial charge in [0.05, 0.1) is 5.71 Å². The van der Waals surface area contributed by atoms with Gasteiger partial charge in [-0.15, -0.1) is 0 Å². The largest absolute Gasteiger partial charge is 0.411 e. The molecule has 5 atom stereocenters. The van der Waals surface area contributed by atoms with Crippen LogP contribution >= 0.6 is 0 Å². The molecule has 0 radical (unpaired) electrons. The number of rotatable bonds is 1. The fourth-order valence-electron chi connectivity index (χ4n) is 7.66. The van der Waals surface area contributed by atoms with Crippen molar-refractivity contribution in [1.29, 1.82) is 0 Å². The van der Waals surface area contributed by atoms with Crippen molar-refractivity contribution in [1.82, 2.24) is 4.98 Å². The van der Waals surface area contributed by atoms with Gasteiger partial charge in [-0.05, 0) is 103 Å². The molecule has 0 amide bonds. The summed E-state index contributed by atoms with van der Waals surface area (Å²) in [5.41, 5.74) is 7.25. The molecule has 1 aromatic rings. The summed E-state index contributed by atoms with van der Waals surface area (Å²) in [6.07, 6.45) is 14.8. The van der Waals surface area contributed by atoms with Crippen LogP contribution in [0.2, 0.25) is 0 Å². The second-order valence-electron chi connectivity index (χ2n) is 10.0. The molecule has 0 aromatic carbocycles. The number of hydrogen-bond acceptors (Lipinski definition) is 3. The van der Waals surface area contributed by atoms with Gasteiger partial charge in [-0.1, -0.05) is 36.7 Å². The molecule has 2 fully saturated rings. The highest BCUT2D eigenvalue weighted by Crippen LogP contribution is 2.67. The Hall–Kier alpha value is -1.90. The molecule has 3 nitrogen and oxygen atoms in total. The first kappa shape index (κ1) is 18.1. The SMILES string of the molecule is CC1=C2CCC3C(CC[C@]4(C)C(c5cccnc5)=CCC34)[C@@]2(C)CCC1=NO. The highest BCUT2D eigenvalue weighted by atomic mass is 16.4. The Morgan fingerprint density at radius 3 is 2.71 bits per heavy atom. The molecule has 5 rings (SSSR count). The molecule has 28 heavy (non-hydrogen) atoms. The number of oxime groups is 1. The Morgan fingerprint density at radius 2 is 1.96 bits per heavy atom. The van der Waals surface area contributed by atoms with Gasteiger partial charge in [-0.25, -0.2) is 0 Å². The fraction of sp³-hybridized carbons (Fsp3) is 0.600. The van der Waals surface area contributed by atoms with Gasteiger partial charge in [0.15, 0.2) is 0 Å². The van der Waals surface area contributed by atoms with Crippen LogP contribution in [0.5, 0.6) is 0 Å². The Bertz CT molecular complexity index is 883. The first-order valence-electron chi connectivity index (χ1n) is 11.0. The molecule has 1 heterocycles. The molecule has 2 saturated carbocycles. The number of fused-ring (bicyclic) bond motifs is 5. The topological polar surface area (TPSA) is 45.5 Å². The molecule has 1 N–H and O–H groups in total. The summed E-state index contributed by atoms with van der Waals surface area (Å²) in [6.45, 7) is 7.23. The number of hydrogen-bond donors (Lipinski definition) is 1. The molecule has 3 unspecified atom stereocenters. The lowest BCUT2D eigenvalue weighted by Gasteiger charge is -2.58. The van der Waals surface area contributed by atoms with Gasteiger partial charge in [-0.3, -0.25) is 4.98 Å². The first-order valence-corrected chi connectivity index (χ1v) is 11.0. The van der Waals surface area contributed by atoms with Crippen LogP contribution in [0.25, 0.3) is 5.57 Å². The van der Waals surface area contributed by atoms with Gasteiger partial charge >= 0.3 is 0 Å². The molecule has 4 aliphatic carbocycles. The number of aromatic nitrogens is 1. The Kier molecular flexibility index (Phi) is 4.08. The van der Waals surface area contributed by atoms with E-state index in [9.17, 15) is 5.21 Å². The van der Waals surface area contributed by atoms with Crippen molar-refractivity contribution in [3.8, 4) is 0 Å². The average Bonchev–Trinajstić information content (AvgIpc) is 3.06. The molecule has 3 heteroatoms. The quantitative estimate of drug-likeness (QED) is 0.464. The third-order valence-corrected chi connectivity index (χ3v) is 9.11. The minimum Gasteiger partial charge on any atom is -0.411 e. The van der Waals surface area contributed by atoms with Crippen LogP contribution in [0.1, 0.15) is 71.3 Å². The average molecular weight is 377 g/mol. The Labute approximate surface area is 168 Å². The van der Waals surface area contributed by atoms with Crippen molar-refractivity contribution < 1.29 is 5.21 Å². The lowest BCUT2D eigenvalue weighted by Crippen LogP contribution is -2.50. The van der Waals surface area contributed by atoms with Crippen LogP contribution in [0.15, 0.2) is 46.9 Å². The molecule has 0 bridgehead atoms. The van der Waals surface area contributed by atoms with Gasteiger partial charge in [0.2, 0.25) is 0 Å². The van der Waals surface area contributed by atoms with Crippen LogP contribution in [-0.4, -0.2) is 15.9 Å². The molecule has 4 aliphatic rings. The summed E-state index contributed by atoms with van der Waals surface area (Å²) in [5, 5.41) is 13.0. The maximum atomic E-state index is 9.40. The van der Waals surface area contributed by atoms with Gasteiger partial charge in [0, 0.05) is 12.4 Å². The minimum absolute atomic E-state index is 0.291. The highest BCUT2D eigenvalue weighted by molar-refractivity contribution is 6.01. The van der Waals surface area contributed by atoms with E-state index in [0.29, 0.717) is 10.8 Å². The zero-order valence-corrected chi connectivity index (χ0v) is 17.4. The van der Waals surface area contributed by atoms with Crippen LogP contribution in [-0.2, 0) is 0 Å². The summed E-state index contributed by atoms with van der Waals surface area (Å²) < 4.78 is 0. The minimum atomic E-state index is 0.291. The second-order valence-corrected chi connectivity index (χ2v) is 10.0. The summed E-state index contributed by atoms with van der Waals surface area (Å²) in [6, 6.07) is 4.31. The van der Waals surface area contributed by atoms with Crippen molar-refractivity contribution in [2.24, 2.45) is 33.7 Å². The van der Waals surface area contributed by atoms with Crippen molar-refractivity contribution in [2.45, 2.75) is 65.7 Å². The van der Waals surface area contributed by atoms with Crippen molar-refractivity contribution in [3.05, 3.63) is 47.3 Å². The smallest absolute Gasteiger partial charge is 0.0824 e. The first-order chi connectivity index (χ1) is 13.5. The summed E-state index contributed by atoms with van der Waals surface area (Å²) in [5.74, 6) is 2.33. The van der Waals surface area contributed by atoms with Crippen LogP contribution in [0.4, 0.5) is 0 Å². The van der Waals surface area contributed by atoms with Gasteiger partial charge in [0.1, 0.15) is 0 Å². The Balaban J connectivity index is 1.49. The molecule has 148 valence electrons. The second kappa shape index (κ2) is 6.30. The third-order valence-electron chi connectivity index (χ3n) is 9.11. The lowest BCUT2D eigenvalue weighted by atomic mass is 9.46.